The van der Waals surface area contributed by atoms with Gasteiger partial charge in [-0.2, -0.15) is 0 Å². The molecule has 1 aromatic carbocycles. The summed E-state index contributed by atoms with van der Waals surface area (Å²) in [6.45, 7) is 4.15. The zero-order chi connectivity index (χ0) is 13.8. The van der Waals surface area contributed by atoms with Gasteiger partial charge in [0.15, 0.2) is 10.9 Å². The molecule has 1 aromatic heterocycles. The highest BCUT2D eigenvalue weighted by Gasteiger charge is 2.30. The molecule has 0 atom stereocenters. The monoisotopic (exact) mass is 290 g/mol. The van der Waals surface area contributed by atoms with Gasteiger partial charge in [-0.25, -0.2) is 4.98 Å². The first kappa shape index (κ1) is 13.5. The van der Waals surface area contributed by atoms with Crippen LogP contribution >= 0.6 is 11.3 Å². The van der Waals surface area contributed by atoms with Crippen molar-refractivity contribution in [1.82, 2.24) is 4.98 Å². The van der Waals surface area contributed by atoms with Crippen LogP contribution in [-0.2, 0) is 9.47 Å². The summed E-state index contributed by atoms with van der Waals surface area (Å²) >= 11 is 1.66. The van der Waals surface area contributed by atoms with Crippen molar-refractivity contribution in [2.45, 2.75) is 19.1 Å². The Labute approximate surface area is 122 Å². The molecule has 0 amide bonds. The van der Waals surface area contributed by atoms with E-state index in [0.29, 0.717) is 13.2 Å². The summed E-state index contributed by atoms with van der Waals surface area (Å²) in [7, 11) is 0. The second kappa shape index (κ2) is 5.91. The number of anilines is 1. The van der Waals surface area contributed by atoms with E-state index in [4.69, 9.17) is 9.47 Å². The smallest absolute Gasteiger partial charge is 0.183 e. The average Bonchev–Trinajstić information content (AvgIpc) is 3.10. The largest absolute Gasteiger partial charge is 0.361 e. The predicted molar refractivity (Wildman–Crippen MR) is 81.0 cm³/mol. The molecule has 1 N–H and O–H groups in total. The average molecular weight is 290 g/mol. The number of aromatic nitrogens is 1. The Kier molecular flexibility index (Phi) is 4.00. The maximum atomic E-state index is 5.57. The van der Waals surface area contributed by atoms with Gasteiger partial charge in [-0.05, 0) is 12.5 Å². The molecule has 3 rings (SSSR count). The molecule has 0 saturated carbocycles. The minimum atomic E-state index is -0.438. The first-order chi connectivity index (χ1) is 9.75. The zero-order valence-corrected chi connectivity index (χ0v) is 12.3. The van der Waals surface area contributed by atoms with Crippen molar-refractivity contribution in [3.63, 3.8) is 0 Å². The van der Waals surface area contributed by atoms with Gasteiger partial charge in [-0.1, -0.05) is 41.7 Å². The number of rotatable bonds is 5. The quantitative estimate of drug-likeness (QED) is 0.917. The molecular formula is C15H18N2O2S. The van der Waals surface area contributed by atoms with E-state index in [9.17, 15) is 0 Å². The molecule has 0 aliphatic carbocycles. The van der Waals surface area contributed by atoms with Crippen LogP contribution in [0.2, 0.25) is 0 Å². The normalized spacial score (nSPS) is 17.2. The molecule has 4 nitrogen and oxygen atoms in total. The summed E-state index contributed by atoms with van der Waals surface area (Å²) in [5, 5.41) is 4.27. The fraction of sp³-hybridized carbons (Fsp3) is 0.400. The van der Waals surface area contributed by atoms with Crippen molar-refractivity contribution >= 4 is 16.5 Å². The Morgan fingerprint density at radius 3 is 2.75 bits per heavy atom. The van der Waals surface area contributed by atoms with E-state index in [1.807, 2.05) is 31.3 Å². The van der Waals surface area contributed by atoms with E-state index in [-0.39, 0.29) is 0 Å². The Bertz CT molecular complexity index is 550. The molecule has 1 aliphatic rings. The predicted octanol–water partition coefficient (Wildman–Crippen LogP) is 3.38. The fourth-order valence-corrected chi connectivity index (χ4v) is 3.04. The van der Waals surface area contributed by atoms with Crippen molar-refractivity contribution in [3.8, 4) is 10.4 Å². The van der Waals surface area contributed by atoms with Gasteiger partial charge in [-0.15, -0.1) is 0 Å². The highest BCUT2D eigenvalue weighted by molar-refractivity contribution is 7.18. The molecule has 0 unspecified atom stereocenters. The number of hydrogen-bond donors (Lipinski definition) is 1. The molecule has 106 valence electrons. The summed E-state index contributed by atoms with van der Waals surface area (Å²) in [5.74, 6) is -0.438. The summed E-state index contributed by atoms with van der Waals surface area (Å²) in [5.41, 5.74) is 1.20. The molecule has 2 heterocycles. The van der Waals surface area contributed by atoms with Crippen molar-refractivity contribution < 1.29 is 9.47 Å². The van der Waals surface area contributed by atoms with Crippen LogP contribution in [0.15, 0.2) is 36.5 Å². The van der Waals surface area contributed by atoms with Gasteiger partial charge in [0.2, 0.25) is 0 Å². The van der Waals surface area contributed by atoms with Gasteiger partial charge >= 0.3 is 0 Å². The number of nitrogens with one attached hydrogen (secondary N) is 1. The van der Waals surface area contributed by atoms with Crippen LogP contribution in [0.4, 0.5) is 5.13 Å². The number of thiazole rings is 1. The third-order valence-electron chi connectivity index (χ3n) is 3.32. The van der Waals surface area contributed by atoms with Gasteiger partial charge in [-0.3, -0.25) is 0 Å². The second-order valence-electron chi connectivity index (χ2n) is 4.90. The third-order valence-corrected chi connectivity index (χ3v) is 4.32. The SMILES string of the molecule is CC1(CCNc2ncc(-c3ccccc3)s2)OCCO1. The molecular weight excluding hydrogens is 272 g/mol. The highest BCUT2D eigenvalue weighted by Crippen LogP contribution is 2.29. The topological polar surface area (TPSA) is 43.4 Å². The minimum Gasteiger partial charge on any atom is -0.361 e. The van der Waals surface area contributed by atoms with Crippen LogP contribution in [0.25, 0.3) is 10.4 Å². The molecule has 0 radical (unpaired) electrons. The minimum absolute atomic E-state index is 0.438. The lowest BCUT2D eigenvalue weighted by molar-refractivity contribution is -0.144. The van der Waals surface area contributed by atoms with E-state index in [1.54, 1.807) is 11.3 Å². The second-order valence-corrected chi connectivity index (χ2v) is 5.93. The molecule has 20 heavy (non-hydrogen) atoms. The lowest BCUT2D eigenvalue weighted by Crippen LogP contribution is -2.28. The molecule has 2 aromatic rings. The van der Waals surface area contributed by atoms with Crippen LogP contribution in [0.1, 0.15) is 13.3 Å². The molecule has 0 spiro atoms. The summed E-state index contributed by atoms with van der Waals surface area (Å²) in [6.07, 6.45) is 2.72. The first-order valence-electron chi connectivity index (χ1n) is 6.78. The molecule has 1 fully saturated rings. The van der Waals surface area contributed by atoms with Gasteiger partial charge < -0.3 is 14.8 Å². The van der Waals surface area contributed by atoms with Crippen LogP contribution in [-0.4, -0.2) is 30.5 Å². The molecule has 0 bridgehead atoms. The summed E-state index contributed by atoms with van der Waals surface area (Å²) in [6, 6.07) is 10.3. The fourth-order valence-electron chi connectivity index (χ4n) is 2.19. The highest BCUT2D eigenvalue weighted by atomic mass is 32.1. The number of nitrogens with zero attached hydrogens (tertiary/aromatic N) is 1. The van der Waals surface area contributed by atoms with Gasteiger partial charge in [0.05, 0.1) is 18.1 Å². The Morgan fingerprint density at radius 2 is 2.00 bits per heavy atom. The third kappa shape index (κ3) is 3.17. The summed E-state index contributed by atoms with van der Waals surface area (Å²) < 4.78 is 11.1. The maximum Gasteiger partial charge on any atom is 0.183 e. The van der Waals surface area contributed by atoms with Gasteiger partial charge in [0.1, 0.15) is 0 Å². The van der Waals surface area contributed by atoms with E-state index >= 15 is 0 Å². The van der Waals surface area contributed by atoms with Crippen molar-refractivity contribution in [2.75, 3.05) is 25.1 Å². The van der Waals surface area contributed by atoms with E-state index in [1.165, 1.54) is 10.4 Å². The standard InChI is InChI=1S/C15H18N2O2S/c1-15(18-9-10-19-15)7-8-16-14-17-11-13(20-14)12-5-3-2-4-6-12/h2-6,11H,7-10H2,1H3,(H,16,17). The lowest BCUT2D eigenvalue weighted by atomic mass is 10.2. The number of ether oxygens (including phenoxy) is 2. The number of benzene rings is 1. The van der Waals surface area contributed by atoms with Crippen LogP contribution in [0, 0.1) is 0 Å². The Hall–Kier alpha value is -1.43. The Morgan fingerprint density at radius 1 is 1.25 bits per heavy atom. The van der Waals surface area contributed by atoms with E-state index in [0.717, 1.165) is 18.1 Å². The number of hydrogen-bond acceptors (Lipinski definition) is 5. The van der Waals surface area contributed by atoms with Crippen molar-refractivity contribution in [3.05, 3.63) is 36.5 Å². The van der Waals surface area contributed by atoms with Crippen molar-refractivity contribution in [1.29, 1.82) is 0 Å². The maximum absolute atomic E-state index is 5.57. The molecule has 1 saturated heterocycles. The van der Waals surface area contributed by atoms with Gasteiger partial charge in [0.25, 0.3) is 0 Å². The van der Waals surface area contributed by atoms with Crippen LogP contribution in [0.3, 0.4) is 0 Å². The van der Waals surface area contributed by atoms with Crippen molar-refractivity contribution in [2.24, 2.45) is 0 Å². The lowest BCUT2D eigenvalue weighted by Gasteiger charge is -2.21. The van der Waals surface area contributed by atoms with Crippen LogP contribution in [0.5, 0.6) is 0 Å². The zero-order valence-electron chi connectivity index (χ0n) is 11.5. The van der Waals surface area contributed by atoms with E-state index in [2.05, 4.69) is 22.4 Å². The summed E-state index contributed by atoms with van der Waals surface area (Å²) in [4.78, 5) is 5.58. The Balaban J connectivity index is 1.55. The molecule has 1 aliphatic heterocycles. The molecule has 5 heteroatoms. The first-order valence-corrected chi connectivity index (χ1v) is 7.60. The van der Waals surface area contributed by atoms with Crippen LogP contribution < -0.4 is 5.32 Å². The van der Waals surface area contributed by atoms with Gasteiger partial charge in [0, 0.05) is 19.2 Å². The van der Waals surface area contributed by atoms with E-state index < -0.39 is 5.79 Å².